The van der Waals surface area contributed by atoms with Gasteiger partial charge < -0.3 is 9.67 Å². The van der Waals surface area contributed by atoms with Crippen LogP contribution in [-0.2, 0) is 7.05 Å². The van der Waals surface area contributed by atoms with Crippen LogP contribution in [0.4, 0.5) is 0 Å². The standard InChI is InChI=1S/C10H9NO2.C2H6/c1-11-8-5-3-2-4-7(8)6-9(11)10(12)13;1-2/h2-6H,1H3,(H,12,13);1-2H3. The lowest BCUT2D eigenvalue weighted by molar-refractivity contribution is 0.0687. The van der Waals surface area contributed by atoms with E-state index >= 15 is 0 Å². The lowest BCUT2D eigenvalue weighted by Crippen LogP contribution is -2.03. The molecular formula is C12H15NO2. The summed E-state index contributed by atoms with van der Waals surface area (Å²) >= 11 is 0. The Bertz CT molecular complexity index is 471. The van der Waals surface area contributed by atoms with Crippen LogP contribution in [0.15, 0.2) is 30.3 Å². The van der Waals surface area contributed by atoms with Crippen molar-refractivity contribution in [1.82, 2.24) is 4.57 Å². The maximum Gasteiger partial charge on any atom is 0.352 e. The predicted octanol–water partition coefficient (Wildman–Crippen LogP) is 2.90. The van der Waals surface area contributed by atoms with E-state index in [0.717, 1.165) is 10.9 Å². The molecule has 0 amide bonds. The predicted molar refractivity (Wildman–Crippen MR) is 61.2 cm³/mol. The summed E-state index contributed by atoms with van der Waals surface area (Å²) in [7, 11) is 1.76. The number of aromatic nitrogens is 1. The van der Waals surface area contributed by atoms with Gasteiger partial charge in [-0.15, -0.1) is 0 Å². The number of hydrogen-bond acceptors (Lipinski definition) is 1. The van der Waals surface area contributed by atoms with Crippen molar-refractivity contribution in [3.63, 3.8) is 0 Å². The number of benzene rings is 1. The van der Waals surface area contributed by atoms with Crippen LogP contribution in [0.1, 0.15) is 24.3 Å². The zero-order chi connectivity index (χ0) is 11.4. The first-order chi connectivity index (χ1) is 7.20. The molecule has 0 bridgehead atoms. The first-order valence-corrected chi connectivity index (χ1v) is 4.98. The van der Waals surface area contributed by atoms with E-state index in [4.69, 9.17) is 5.11 Å². The average molecular weight is 205 g/mol. The molecule has 0 atom stereocenters. The number of carboxylic acids is 1. The summed E-state index contributed by atoms with van der Waals surface area (Å²) in [5.74, 6) is -0.890. The summed E-state index contributed by atoms with van der Waals surface area (Å²) in [5, 5.41) is 9.81. The summed E-state index contributed by atoms with van der Waals surface area (Å²) in [6.45, 7) is 4.00. The monoisotopic (exact) mass is 205 g/mol. The number of para-hydroxylation sites is 1. The van der Waals surface area contributed by atoms with Gasteiger partial charge in [0.2, 0.25) is 0 Å². The van der Waals surface area contributed by atoms with Gasteiger partial charge in [-0.25, -0.2) is 4.79 Å². The Labute approximate surface area is 89.0 Å². The molecule has 3 heteroatoms. The van der Waals surface area contributed by atoms with Crippen molar-refractivity contribution in [3.8, 4) is 0 Å². The van der Waals surface area contributed by atoms with Gasteiger partial charge in [-0.2, -0.15) is 0 Å². The summed E-state index contributed by atoms with van der Waals surface area (Å²) < 4.78 is 1.68. The first-order valence-electron chi connectivity index (χ1n) is 4.98. The summed E-state index contributed by atoms with van der Waals surface area (Å²) in [4.78, 5) is 10.8. The summed E-state index contributed by atoms with van der Waals surface area (Å²) in [5.41, 5.74) is 1.26. The van der Waals surface area contributed by atoms with Gasteiger partial charge in [0.15, 0.2) is 0 Å². The van der Waals surface area contributed by atoms with Crippen molar-refractivity contribution >= 4 is 16.9 Å². The second-order valence-corrected chi connectivity index (χ2v) is 2.95. The van der Waals surface area contributed by atoms with Crippen molar-refractivity contribution in [1.29, 1.82) is 0 Å². The Hall–Kier alpha value is -1.77. The van der Waals surface area contributed by atoms with E-state index in [1.165, 1.54) is 0 Å². The molecule has 0 aliphatic rings. The SMILES string of the molecule is CC.Cn1c(C(=O)O)cc2ccccc21. The molecule has 0 radical (unpaired) electrons. The number of aryl methyl sites for hydroxylation is 1. The fraction of sp³-hybridized carbons (Fsp3) is 0.250. The van der Waals surface area contributed by atoms with Gasteiger partial charge in [-0.1, -0.05) is 32.0 Å². The second kappa shape index (κ2) is 4.64. The average Bonchev–Trinajstić information content (AvgIpc) is 2.60. The molecule has 0 unspecified atom stereocenters. The number of hydrogen-bond donors (Lipinski definition) is 1. The summed E-state index contributed by atoms with van der Waals surface area (Å²) in [6.07, 6.45) is 0. The van der Waals surface area contributed by atoms with E-state index in [2.05, 4.69) is 0 Å². The summed E-state index contributed by atoms with van der Waals surface area (Å²) in [6, 6.07) is 9.28. The lowest BCUT2D eigenvalue weighted by atomic mass is 10.2. The highest BCUT2D eigenvalue weighted by atomic mass is 16.4. The number of carbonyl (C=O) groups is 1. The van der Waals surface area contributed by atoms with Gasteiger partial charge in [-0.05, 0) is 12.1 Å². The van der Waals surface area contributed by atoms with Crippen LogP contribution in [0.3, 0.4) is 0 Å². The van der Waals surface area contributed by atoms with Crippen LogP contribution in [0.25, 0.3) is 10.9 Å². The highest BCUT2D eigenvalue weighted by molar-refractivity contribution is 5.94. The number of nitrogens with zero attached hydrogens (tertiary/aromatic N) is 1. The Kier molecular flexibility index (Phi) is 3.50. The van der Waals surface area contributed by atoms with Gasteiger partial charge in [0, 0.05) is 18.0 Å². The van der Waals surface area contributed by atoms with Crippen molar-refractivity contribution in [2.45, 2.75) is 13.8 Å². The normalized spacial score (nSPS) is 9.53. The zero-order valence-electron chi connectivity index (χ0n) is 9.19. The van der Waals surface area contributed by atoms with Crippen LogP contribution in [-0.4, -0.2) is 15.6 Å². The molecule has 3 nitrogen and oxygen atoms in total. The second-order valence-electron chi connectivity index (χ2n) is 2.95. The number of rotatable bonds is 1. The Balaban J connectivity index is 0.000000531. The molecule has 0 fully saturated rings. The molecule has 1 aromatic heterocycles. The molecular weight excluding hydrogens is 190 g/mol. The molecule has 0 aliphatic carbocycles. The molecule has 2 aromatic rings. The molecule has 0 spiro atoms. The lowest BCUT2D eigenvalue weighted by Gasteiger charge is -1.97. The largest absolute Gasteiger partial charge is 0.477 e. The van der Waals surface area contributed by atoms with Crippen LogP contribution in [0.2, 0.25) is 0 Å². The third-order valence-electron chi connectivity index (χ3n) is 2.17. The molecule has 1 heterocycles. The highest BCUT2D eigenvalue weighted by Crippen LogP contribution is 2.17. The van der Waals surface area contributed by atoms with Crippen molar-refractivity contribution in [2.24, 2.45) is 7.05 Å². The van der Waals surface area contributed by atoms with Gasteiger partial charge in [0.05, 0.1) is 0 Å². The molecule has 80 valence electrons. The van der Waals surface area contributed by atoms with E-state index in [9.17, 15) is 4.79 Å². The Morgan fingerprint density at radius 3 is 2.40 bits per heavy atom. The molecule has 0 saturated heterocycles. The van der Waals surface area contributed by atoms with E-state index in [-0.39, 0.29) is 0 Å². The maximum atomic E-state index is 10.8. The topological polar surface area (TPSA) is 42.2 Å². The van der Waals surface area contributed by atoms with Crippen molar-refractivity contribution < 1.29 is 9.90 Å². The van der Waals surface area contributed by atoms with Crippen LogP contribution in [0.5, 0.6) is 0 Å². The van der Waals surface area contributed by atoms with Crippen molar-refractivity contribution in [3.05, 3.63) is 36.0 Å². The fourth-order valence-electron chi connectivity index (χ4n) is 1.49. The smallest absolute Gasteiger partial charge is 0.352 e. The number of fused-ring (bicyclic) bond motifs is 1. The minimum Gasteiger partial charge on any atom is -0.477 e. The fourth-order valence-corrected chi connectivity index (χ4v) is 1.49. The maximum absolute atomic E-state index is 10.8. The van der Waals surface area contributed by atoms with E-state index in [1.54, 1.807) is 17.7 Å². The molecule has 0 saturated carbocycles. The van der Waals surface area contributed by atoms with Crippen LogP contribution in [0, 0.1) is 0 Å². The van der Waals surface area contributed by atoms with E-state index < -0.39 is 5.97 Å². The third-order valence-corrected chi connectivity index (χ3v) is 2.17. The third kappa shape index (κ3) is 2.01. The minimum absolute atomic E-state index is 0.321. The van der Waals surface area contributed by atoms with Gasteiger partial charge in [0.1, 0.15) is 5.69 Å². The van der Waals surface area contributed by atoms with E-state index in [1.807, 2.05) is 38.1 Å². The zero-order valence-corrected chi connectivity index (χ0v) is 9.19. The Morgan fingerprint density at radius 1 is 1.27 bits per heavy atom. The highest BCUT2D eigenvalue weighted by Gasteiger charge is 2.10. The molecule has 2 rings (SSSR count). The van der Waals surface area contributed by atoms with Crippen LogP contribution >= 0.6 is 0 Å². The van der Waals surface area contributed by atoms with E-state index in [0.29, 0.717) is 5.69 Å². The van der Waals surface area contributed by atoms with Gasteiger partial charge >= 0.3 is 5.97 Å². The number of carboxylic acid groups (broad SMARTS) is 1. The molecule has 15 heavy (non-hydrogen) atoms. The first kappa shape index (κ1) is 11.3. The van der Waals surface area contributed by atoms with Gasteiger partial charge in [0.25, 0.3) is 0 Å². The minimum atomic E-state index is -0.890. The Morgan fingerprint density at radius 2 is 1.87 bits per heavy atom. The molecule has 1 aromatic carbocycles. The molecule has 0 aliphatic heterocycles. The van der Waals surface area contributed by atoms with Crippen LogP contribution < -0.4 is 0 Å². The quantitative estimate of drug-likeness (QED) is 0.777. The van der Waals surface area contributed by atoms with Gasteiger partial charge in [-0.3, -0.25) is 0 Å². The van der Waals surface area contributed by atoms with Crippen molar-refractivity contribution in [2.75, 3.05) is 0 Å². The molecule has 1 N–H and O–H groups in total. The number of aromatic carboxylic acids is 1.